The summed E-state index contributed by atoms with van der Waals surface area (Å²) in [5, 5.41) is 4.75. The molecule has 20 heavy (non-hydrogen) atoms. The molecule has 1 N–H and O–H groups in total. The highest BCUT2D eigenvalue weighted by atomic mass is 16.5. The highest BCUT2D eigenvalue weighted by molar-refractivity contribution is 5.81. The molecular formula is C17H22N2O. The second-order valence-corrected chi connectivity index (χ2v) is 5.56. The molecule has 1 aromatic carbocycles. The number of para-hydroxylation sites is 1. The van der Waals surface area contributed by atoms with Gasteiger partial charge in [-0.3, -0.25) is 4.98 Å². The highest BCUT2D eigenvalue weighted by Gasteiger charge is 2.23. The SMILES string of the molecule is CNC(Cc1ccnc2ccccc12)C1CCCOC1. The van der Waals surface area contributed by atoms with E-state index in [9.17, 15) is 0 Å². The van der Waals surface area contributed by atoms with Gasteiger partial charge in [-0.25, -0.2) is 0 Å². The molecule has 2 unspecified atom stereocenters. The zero-order valence-electron chi connectivity index (χ0n) is 12.0. The van der Waals surface area contributed by atoms with Crippen LogP contribution < -0.4 is 5.32 Å². The van der Waals surface area contributed by atoms with Crippen LogP contribution in [0.2, 0.25) is 0 Å². The standard InChI is InChI=1S/C17H22N2O/c1-18-17(14-5-4-10-20-12-14)11-13-8-9-19-16-7-3-2-6-15(13)16/h2-3,6-9,14,17-18H,4-5,10-12H2,1H3. The number of hydrogen-bond acceptors (Lipinski definition) is 3. The third kappa shape index (κ3) is 2.84. The fourth-order valence-electron chi connectivity index (χ4n) is 3.16. The number of pyridine rings is 1. The van der Waals surface area contributed by atoms with Crippen LogP contribution in [0, 0.1) is 5.92 Å². The van der Waals surface area contributed by atoms with Gasteiger partial charge in [0.1, 0.15) is 0 Å². The number of likely N-dealkylation sites (N-methyl/N-ethyl adjacent to an activating group) is 1. The van der Waals surface area contributed by atoms with E-state index in [1.165, 1.54) is 23.8 Å². The van der Waals surface area contributed by atoms with Gasteiger partial charge in [0.25, 0.3) is 0 Å². The fourth-order valence-corrected chi connectivity index (χ4v) is 3.16. The van der Waals surface area contributed by atoms with E-state index in [2.05, 4.69) is 41.6 Å². The number of nitrogens with zero attached hydrogens (tertiary/aromatic N) is 1. The van der Waals surface area contributed by atoms with Crippen LogP contribution in [0.1, 0.15) is 18.4 Å². The van der Waals surface area contributed by atoms with Crippen molar-refractivity contribution >= 4 is 10.9 Å². The number of nitrogens with one attached hydrogen (secondary N) is 1. The largest absolute Gasteiger partial charge is 0.381 e. The van der Waals surface area contributed by atoms with E-state index in [0.29, 0.717) is 12.0 Å². The van der Waals surface area contributed by atoms with E-state index in [1.54, 1.807) is 0 Å². The summed E-state index contributed by atoms with van der Waals surface area (Å²) in [4.78, 5) is 4.44. The predicted molar refractivity (Wildman–Crippen MR) is 81.8 cm³/mol. The molecular weight excluding hydrogens is 248 g/mol. The Kier molecular flexibility index (Phi) is 4.28. The van der Waals surface area contributed by atoms with Gasteiger partial charge in [0.05, 0.1) is 12.1 Å². The van der Waals surface area contributed by atoms with Crippen LogP contribution in [0.25, 0.3) is 10.9 Å². The van der Waals surface area contributed by atoms with E-state index in [1.807, 2.05) is 12.3 Å². The molecule has 3 heteroatoms. The van der Waals surface area contributed by atoms with Gasteiger partial charge in [0, 0.05) is 24.2 Å². The van der Waals surface area contributed by atoms with Crippen molar-refractivity contribution in [3.8, 4) is 0 Å². The van der Waals surface area contributed by atoms with Gasteiger partial charge in [0.2, 0.25) is 0 Å². The zero-order valence-corrected chi connectivity index (χ0v) is 12.0. The molecule has 106 valence electrons. The number of benzene rings is 1. The highest BCUT2D eigenvalue weighted by Crippen LogP contribution is 2.23. The minimum absolute atomic E-state index is 0.473. The second kappa shape index (κ2) is 6.33. The van der Waals surface area contributed by atoms with E-state index < -0.39 is 0 Å². The van der Waals surface area contributed by atoms with E-state index in [0.717, 1.165) is 25.2 Å². The van der Waals surface area contributed by atoms with Crippen molar-refractivity contribution < 1.29 is 4.74 Å². The molecule has 0 bridgehead atoms. The molecule has 3 nitrogen and oxygen atoms in total. The summed E-state index contributed by atoms with van der Waals surface area (Å²) in [5.41, 5.74) is 2.46. The minimum atomic E-state index is 0.473. The summed E-state index contributed by atoms with van der Waals surface area (Å²) in [6.07, 6.45) is 5.39. The third-order valence-corrected chi connectivity index (χ3v) is 4.31. The summed E-state index contributed by atoms with van der Waals surface area (Å²) in [5.74, 6) is 0.612. The maximum atomic E-state index is 5.64. The molecule has 2 atom stereocenters. The Hall–Kier alpha value is -1.45. The van der Waals surface area contributed by atoms with E-state index in [-0.39, 0.29) is 0 Å². The molecule has 3 rings (SSSR count). The molecule has 1 aliphatic heterocycles. The monoisotopic (exact) mass is 270 g/mol. The maximum absolute atomic E-state index is 5.64. The third-order valence-electron chi connectivity index (χ3n) is 4.31. The van der Waals surface area contributed by atoms with Gasteiger partial charge in [-0.05, 0) is 49.9 Å². The molecule has 1 aromatic heterocycles. The summed E-state index contributed by atoms with van der Waals surface area (Å²) in [7, 11) is 2.06. The summed E-state index contributed by atoms with van der Waals surface area (Å²) < 4.78 is 5.64. The Balaban J connectivity index is 1.83. The lowest BCUT2D eigenvalue weighted by atomic mass is 9.88. The van der Waals surface area contributed by atoms with Crippen LogP contribution in [0.15, 0.2) is 36.5 Å². The van der Waals surface area contributed by atoms with Crippen LogP contribution in [0.3, 0.4) is 0 Å². The van der Waals surface area contributed by atoms with Crippen LogP contribution >= 0.6 is 0 Å². The zero-order chi connectivity index (χ0) is 13.8. The van der Waals surface area contributed by atoms with Crippen molar-refractivity contribution in [2.24, 2.45) is 5.92 Å². The van der Waals surface area contributed by atoms with Gasteiger partial charge in [-0.1, -0.05) is 18.2 Å². The lowest BCUT2D eigenvalue weighted by Gasteiger charge is -2.30. The average Bonchev–Trinajstić information content (AvgIpc) is 2.53. The lowest BCUT2D eigenvalue weighted by molar-refractivity contribution is 0.0405. The van der Waals surface area contributed by atoms with Crippen LogP contribution in [0.4, 0.5) is 0 Å². The molecule has 1 aliphatic rings. The van der Waals surface area contributed by atoms with Crippen LogP contribution in [-0.4, -0.2) is 31.3 Å². The number of ether oxygens (including phenoxy) is 1. The first-order valence-electron chi connectivity index (χ1n) is 7.46. The number of rotatable bonds is 4. The van der Waals surface area contributed by atoms with Gasteiger partial charge in [-0.15, -0.1) is 0 Å². The number of hydrogen-bond donors (Lipinski definition) is 1. The fraction of sp³-hybridized carbons (Fsp3) is 0.471. The van der Waals surface area contributed by atoms with Crippen molar-refractivity contribution in [1.82, 2.24) is 10.3 Å². The van der Waals surface area contributed by atoms with Crippen LogP contribution in [0.5, 0.6) is 0 Å². The molecule has 0 radical (unpaired) electrons. The van der Waals surface area contributed by atoms with Crippen molar-refractivity contribution in [3.05, 3.63) is 42.1 Å². The number of aromatic nitrogens is 1. The topological polar surface area (TPSA) is 34.2 Å². The molecule has 2 aromatic rings. The van der Waals surface area contributed by atoms with Gasteiger partial charge < -0.3 is 10.1 Å². The Morgan fingerprint density at radius 3 is 3.05 bits per heavy atom. The normalized spacial score (nSPS) is 20.9. The van der Waals surface area contributed by atoms with E-state index >= 15 is 0 Å². The van der Waals surface area contributed by atoms with Gasteiger partial charge >= 0.3 is 0 Å². The molecule has 2 heterocycles. The Labute approximate surface area is 120 Å². The molecule has 0 amide bonds. The molecule has 0 saturated carbocycles. The Morgan fingerprint density at radius 2 is 2.25 bits per heavy atom. The summed E-state index contributed by atoms with van der Waals surface area (Å²) in [6, 6.07) is 11.0. The first-order chi connectivity index (χ1) is 9.88. The predicted octanol–water partition coefficient (Wildman–Crippen LogP) is 2.79. The quantitative estimate of drug-likeness (QED) is 0.927. The molecule has 0 aliphatic carbocycles. The number of fused-ring (bicyclic) bond motifs is 1. The molecule has 0 spiro atoms. The summed E-state index contributed by atoms with van der Waals surface area (Å²) >= 11 is 0. The Bertz CT molecular complexity index is 558. The average molecular weight is 270 g/mol. The molecule has 1 fully saturated rings. The Morgan fingerprint density at radius 1 is 1.35 bits per heavy atom. The first kappa shape index (κ1) is 13.5. The van der Waals surface area contributed by atoms with Crippen molar-refractivity contribution in [3.63, 3.8) is 0 Å². The summed E-state index contributed by atoms with van der Waals surface area (Å²) in [6.45, 7) is 1.81. The maximum Gasteiger partial charge on any atom is 0.0704 e. The second-order valence-electron chi connectivity index (χ2n) is 5.56. The molecule has 1 saturated heterocycles. The van der Waals surface area contributed by atoms with Crippen LogP contribution in [-0.2, 0) is 11.2 Å². The van der Waals surface area contributed by atoms with Crippen molar-refractivity contribution in [1.29, 1.82) is 0 Å². The first-order valence-corrected chi connectivity index (χ1v) is 7.46. The van der Waals surface area contributed by atoms with Crippen molar-refractivity contribution in [2.75, 3.05) is 20.3 Å². The van der Waals surface area contributed by atoms with Crippen molar-refractivity contribution in [2.45, 2.75) is 25.3 Å². The van der Waals surface area contributed by atoms with Gasteiger partial charge in [0.15, 0.2) is 0 Å². The van der Waals surface area contributed by atoms with Gasteiger partial charge in [-0.2, -0.15) is 0 Å². The smallest absolute Gasteiger partial charge is 0.0704 e. The van der Waals surface area contributed by atoms with E-state index in [4.69, 9.17) is 4.74 Å². The minimum Gasteiger partial charge on any atom is -0.381 e. The lowest BCUT2D eigenvalue weighted by Crippen LogP contribution is -2.39.